The van der Waals surface area contributed by atoms with Gasteiger partial charge in [-0.25, -0.2) is 0 Å². The summed E-state index contributed by atoms with van der Waals surface area (Å²) in [7, 11) is 1.63. The summed E-state index contributed by atoms with van der Waals surface area (Å²) in [6.07, 6.45) is 3.64. The Morgan fingerprint density at radius 2 is 2.12 bits per heavy atom. The van der Waals surface area contributed by atoms with Gasteiger partial charge in [0.05, 0.1) is 19.1 Å². The van der Waals surface area contributed by atoms with Crippen LogP contribution in [0.25, 0.3) is 0 Å². The van der Waals surface area contributed by atoms with E-state index in [1.807, 2.05) is 24.3 Å². The summed E-state index contributed by atoms with van der Waals surface area (Å²) in [6, 6.07) is 7.65. The Kier molecular flexibility index (Phi) is 5.91. The number of benzene rings is 1. The number of methoxy groups -OCH3 is 1. The molecule has 2 heterocycles. The number of hydrogen-bond donors (Lipinski definition) is 1. The van der Waals surface area contributed by atoms with E-state index in [4.69, 9.17) is 9.47 Å². The first-order valence-corrected chi connectivity index (χ1v) is 8.95. The molecule has 0 bridgehead atoms. The molecule has 0 spiro atoms. The molecule has 3 rings (SSSR count). The van der Waals surface area contributed by atoms with Crippen LogP contribution < -0.4 is 10.1 Å². The van der Waals surface area contributed by atoms with Crippen LogP contribution in [-0.4, -0.2) is 49.6 Å². The molecule has 2 fully saturated rings. The van der Waals surface area contributed by atoms with Crippen LogP contribution in [0.2, 0.25) is 0 Å². The lowest BCUT2D eigenvalue weighted by molar-refractivity contribution is -0.129. The van der Waals surface area contributed by atoms with Gasteiger partial charge < -0.3 is 19.7 Å². The number of carbonyl (C=O) groups is 2. The number of amides is 2. The summed E-state index contributed by atoms with van der Waals surface area (Å²) < 4.78 is 10.8. The molecule has 1 aromatic carbocycles. The van der Waals surface area contributed by atoms with Crippen molar-refractivity contribution >= 4 is 11.8 Å². The van der Waals surface area contributed by atoms with E-state index in [2.05, 4.69) is 5.32 Å². The van der Waals surface area contributed by atoms with Crippen LogP contribution >= 0.6 is 0 Å². The Morgan fingerprint density at radius 3 is 2.80 bits per heavy atom. The maximum Gasteiger partial charge on any atom is 0.225 e. The summed E-state index contributed by atoms with van der Waals surface area (Å²) in [4.78, 5) is 26.3. The van der Waals surface area contributed by atoms with E-state index < -0.39 is 0 Å². The molecule has 1 N–H and O–H groups in total. The highest BCUT2D eigenvalue weighted by atomic mass is 16.5. The van der Waals surface area contributed by atoms with E-state index in [9.17, 15) is 9.59 Å². The van der Waals surface area contributed by atoms with E-state index in [-0.39, 0.29) is 30.3 Å². The average molecular weight is 346 g/mol. The molecule has 2 amide bonds. The smallest absolute Gasteiger partial charge is 0.225 e. The summed E-state index contributed by atoms with van der Waals surface area (Å²) >= 11 is 0. The number of rotatable bonds is 6. The molecule has 6 heteroatoms. The van der Waals surface area contributed by atoms with E-state index in [0.29, 0.717) is 19.6 Å². The van der Waals surface area contributed by atoms with Crippen molar-refractivity contribution in [1.29, 1.82) is 0 Å². The van der Waals surface area contributed by atoms with Crippen molar-refractivity contribution in [1.82, 2.24) is 10.2 Å². The van der Waals surface area contributed by atoms with E-state index in [1.54, 1.807) is 12.0 Å². The number of carbonyl (C=O) groups excluding carboxylic acids is 2. The average Bonchev–Trinajstić information content (AvgIpc) is 3.02. The zero-order valence-electron chi connectivity index (χ0n) is 14.7. The SMILES string of the molecule is COc1ccc(CN2C[C@H](C(=O)NC[C@H]3CCCCO3)CC2=O)cc1. The fraction of sp³-hybridized carbons (Fsp3) is 0.579. The third-order valence-electron chi connectivity index (χ3n) is 4.90. The second-order valence-corrected chi connectivity index (χ2v) is 6.76. The fourth-order valence-electron chi connectivity index (χ4n) is 3.38. The van der Waals surface area contributed by atoms with E-state index >= 15 is 0 Å². The monoisotopic (exact) mass is 346 g/mol. The van der Waals surface area contributed by atoms with Crippen molar-refractivity contribution in [3.05, 3.63) is 29.8 Å². The number of hydrogen-bond acceptors (Lipinski definition) is 4. The molecular weight excluding hydrogens is 320 g/mol. The van der Waals surface area contributed by atoms with Gasteiger partial charge in [0.25, 0.3) is 0 Å². The zero-order valence-corrected chi connectivity index (χ0v) is 14.7. The van der Waals surface area contributed by atoms with Gasteiger partial charge in [0, 0.05) is 32.7 Å². The van der Waals surface area contributed by atoms with E-state index in [0.717, 1.165) is 37.2 Å². The molecule has 0 saturated carbocycles. The molecule has 2 saturated heterocycles. The Balaban J connectivity index is 1.48. The Bertz CT molecular complexity index is 596. The maximum atomic E-state index is 12.4. The van der Waals surface area contributed by atoms with Gasteiger partial charge in [0.15, 0.2) is 0 Å². The predicted octanol–water partition coefficient (Wildman–Crippen LogP) is 1.73. The lowest BCUT2D eigenvalue weighted by Crippen LogP contribution is -2.39. The highest BCUT2D eigenvalue weighted by Gasteiger charge is 2.34. The van der Waals surface area contributed by atoms with Gasteiger partial charge in [-0.1, -0.05) is 12.1 Å². The Morgan fingerprint density at radius 1 is 1.32 bits per heavy atom. The number of nitrogens with zero attached hydrogens (tertiary/aromatic N) is 1. The number of likely N-dealkylation sites (tertiary alicyclic amines) is 1. The van der Waals surface area contributed by atoms with Crippen LogP contribution in [0.5, 0.6) is 5.75 Å². The first-order chi connectivity index (χ1) is 12.2. The first kappa shape index (κ1) is 17.7. The minimum absolute atomic E-state index is 0.0323. The standard InChI is InChI=1S/C19H26N2O4/c1-24-16-7-5-14(6-8-16)12-21-13-15(10-18(21)22)19(23)20-11-17-4-2-3-9-25-17/h5-8,15,17H,2-4,9-13H2,1H3,(H,20,23)/t15-,17-/m1/s1. The van der Waals surface area contributed by atoms with Crippen LogP contribution in [0, 0.1) is 5.92 Å². The minimum Gasteiger partial charge on any atom is -0.497 e. The molecule has 25 heavy (non-hydrogen) atoms. The summed E-state index contributed by atoms with van der Waals surface area (Å²) in [6.45, 7) is 2.32. The normalized spacial score (nSPS) is 23.6. The van der Waals surface area contributed by atoms with Crippen LogP contribution in [0.1, 0.15) is 31.2 Å². The van der Waals surface area contributed by atoms with Crippen LogP contribution in [0.3, 0.4) is 0 Å². The van der Waals surface area contributed by atoms with Crippen LogP contribution in [0.4, 0.5) is 0 Å². The first-order valence-electron chi connectivity index (χ1n) is 8.95. The molecule has 136 valence electrons. The van der Waals surface area contributed by atoms with Crippen LogP contribution in [-0.2, 0) is 20.9 Å². The van der Waals surface area contributed by atoms with Crippen molar-refractivity contribution < 1.29 is 19.1 Å². The molecule has 0 radical (unpaired) electrons. The van der Waals surface area contributed by atoms with Crippen molar-refractivity contribution in [3.63, 3.8) is 0 Å². The third-order valence-corrected chi connectivity index (χ3v) is 4.90. The Labute approximate surface area is 148 Å². The highest BCUT2D eigenvalue weighted by molar-refractivity contribution is 5.89. The van der Waals surface area contributed by atoms with Crippen molar-refractivity contribution in [2.75, 3.05) is 26.8 Å². The Hall–Kier alpha value is -2.08. The van der Waals surface area contributed by atoms with E-state index in [1.165, 1.54) is 0 Å². The van der Waals surface area contributed by atoms with Gasteiger partial charge in [-0.15, -0.1) is 0 Å². The lowest BCUT2D eigenvalue weighted by Gasteiger charge is -2.23. The third kappa shape index (κ3) is 4.72. The van der Waals surface area contributed by atoms with Gasteiger partial charge in [-0.05, 0) is 37.0 Å². The van der Waals surface area contributed by atoms with Crippen molar-refractivity contribution in [3.8, 4) is 5.75 Å². The number of ether oxygens (including phenoxy) is 2. The van der Waals surface area contributed by atoms with Crippen LogP contribution in [0.15, 0.2) is 24.3 Å². The maximum absolute atomic E-state index is 12.4. The molecule has 2 atom stereocenters. The van der Waals surface area contributed by atoms with Gasteiger partial charge >= 0.3 is 0 Å². The lowest BCUT2D eigenvalue weighted by atomic mass is 10.1. The molecule has 0 aliphatic carbocycles. The largest absolute Gasteiger partial charge is 0.497 e. The topological polar surface area (TPSA) is 67.9 Å². The second kappa shape index (κ2) is 8.34. The predicted molar refractivity (Wildman–Crippen MR) is 93.1 cm³/mol. The van der Waals surface area contributed by atoms with Gasteiger partial charge in [0.1, 0.15) is 5.75 Å². The van der Waals surface area contributed by atoms with Crippen molar-refractivity contribution in [2.45, 2.75) is 38.3 Å². The molecule has 0 unspecified atom stereocenters. The van der Waals surface area contributed by atoms with Gasteiger partial charge in [-0.2, -0.15) is 0 Å². The van der Waals surface area contributed by atoms with Gasteiger partial charge in [-0.3, -0.25) is 9.59 Å². The summed E-state index contributed by atoms with van der Waals surface area (Å²) in [5.74, 6) is 0.512. The molecular formula is C19H26N2O4. The number of nitrogens with one attached hydrogen (secondary N) is 1. The molecule has 1 aromatic rings. The highest BCUT2D eigenvalue weighted by Crippen LogP contribution is 2.22. The minimum atomic E-state index is -0.269. The second-order valence-electron chi connectivity index (χ2n) is 6.76. The molecule has 0 aromatic heterocycles. The quantitative estimate of drug-likeness (QED) is 0.852. The molecule has 2 aliphatic heterocycles. The summed E-state index contributed by atoms with van der Waals surface area (Å²) in [5.41, 5.74) is 1.03. The fourth-order valence-corrected chi connectivity index (χ4v) is 3.38. The zero-order chi connectivity index (χ0) is 17.6. The molecule has 2 aliphatic rings. The molecule has 6 nitrogen and oxygen atoms in total. The van der Waals surface area contributed by atoms with Gasteiger partial charge in [0.2, 0.25) is 11.8 Å². The van der Waals surface area contributed by atoms with Crippen molar-refractivity contribution in [2.24, 2.45) is 5.92 Å². The summed E-state index contributed by atoms with van der Waals surface area (Å²) in [5, 5.41) is 2.96.